The summed E-state index contributed by atoms with van der Waals surface area (Å²) in [6, 6.07) is 2.82. The van der Waals surface area contributed by atoms with Crippen molar-refractivity contribution in [3.63, 3.8) is 0 Å². The molecule has 0 aliphatic carbocycles. The first-order valence-corrected chi connectivity index (χ1v) is 4.47. The molecule has 2 nitrogen and oxygen atoms in total. The Bertz CT molecular complexity index is 355. The molecule has 0 heterocycles. The summed E-state index contributed by atoms with van der Waals surface area (Å²) in [5.74, 6) is -0.246. The molecule has 1 rings (SSSR count). The Morgan fingerprint density at radius 3 is 2.14 bits per heavy atom. The van der Waals surface area contributed by atoms with Gasteiger partial charge < -0.3 is 4.74 Å². The predicted octanol–water partition coefficient (Wildman–Crippen LogP) is 2.66. The van der Waals surface area contributed by atoms with Gasteiger partial charge in [-0.3, -0.25) is 4.79 Å². The van der Waals surface area contributed by atoms with Gasteiger partial charge in [-0.25, -0.2) is 0 Å². The van der Waals surface area contributed by atoms with E-state index in [1.54, 1.807) is 0 Å². The van der Waals surface area contributed by atoms with E-state index in [0.717, 1.165) is 0 Å². The zero-order chi connectivity index (χ0) is 10.0. The van der Waals surface area contributed by atoms with Crippen LogP contribution in [0.4, 0.5) is 0 Å². The minimum absolute atomic E-state index is 0. The van der Waals surface area contributed by atoms with Crippen LogP contribution in [0.15, 0.2) is 12.1 Å². The molecule has 0 radical (unpaired) electrons. The minimum atomic E-state index is -0.458. The van der Waals surface area contributed by atoms with Crippen LogP contribution in [0.1, 0.15) is 6.92 Å². The topological polar surface area (TPSA) is 26.3 Å². The zero-order valence-corrected chi connectivity index (χ0v) is 8.87. The summed E-state index contributed by atoms with van der Waals surface area (Å²) in [6.45, 7) is 1.28. The average molecular weight is 282 g/mol. The van der Waals surface area contributed by atoms with Crippen LogP contribution in [-0.4, -0.2) is 43.7 Å². The van der Waals surface area contributed by atoms with E-state index in [-0.39, 0.29) is 48.5 Å². The van der Waals surface area contributed by atoms with Crippen molar-refractivity contribution in [2.45, 2.75) is 6.92 Å². The zero-order valence-electron chi connectivity index (χ0n) is 6.61. The fourth-order valence-corrected chi connectivity index (χ4v) is 1.31. The number of rotatable bonds is 1. The maximum absolute atomic E-state index is 10.6. The van der Waals surface area contributed by atoms with Crippen LogP contribution in [0.3, 0.4) is 0 Å². The number of esters is 1. The van der Waals surface area contributed by atoms with Crippen molar-refractivity contribution in [1.82, 2.24) is 0 Å². The van der Waals surface area contributed by atoms with Gasteiger partial charge in [0.2, 0.25) is 0 Å². The van der Waals surface area contributed by atoms with Gasteiger partial charge in [0.25, 0.3) is 0 Å². The first-order valence-electron chi connectivity index (χ1n) is 3.33. The van der Waals surface area contributed by atoms with E-state index in [1.807, 2.05) is 0 Å². The summed E-state index contributed by atoms with van der Waals surface area (Å²) < 4.78 is 4.77. The van der Waals surface area contributed by atoms with Crippen molar-refractivity contribution in [3.05, 3.63) is 27.2 Å². The standard InChI is InChI=1S/C8H5Cl3O2.Ca.2H/c1-4(12)13-8-3-6(10)5(9)2-7(8)11;;;/h2-3H,1H3;;;. The van der Waals surface area contributed by atoms with Gasteiger partial charge in [-0.15, -0.1) is 0 Å². The second-order valence-corrected chi connectivity index (χ2v) is 3.51. The Kier molecular flexibility index (Phi) is 6.79. The molecule has 0 atom stereocenters. The summed E-state index contributed by atoms with van der Waals surface area (Å²) in [6.07, 6.45) is 0. The van der Waals surface area contributed by atoms with Gasteiger partial charge in [-0.05, 0) is 6.07 Å². The van der Waals surface area contributed by atoms with Crippen LogP contribution >= 0.6 is 34.8 Å². The summed E-state index contributed by atoms with van der Waals surface area (Å²) in [7, 11) is 0. The molecule has 0 bridgehead atoms. The molecule has 0 saturated heterocycles. The van der Waals surface area contributed by atoms with Crippen molar-refractivity contribution in [1.29, 1.82) is 0 Å². The Morgan fingerprint density at radius 1 is 1.14 bits per heavy atom. The molecule has 0 fully saturated rings. The Labute approximate surface area is 126 Å². The van der Waals surface area contributed by atoms with Crippen molar-refractivity contribution in [2.24, 2.45) is 0 Å². The Morgan fingerprint density at radius 2 is 1.64 bits per heavy atom. The number of hydrogen-bond acceptors (Lipinski definition) is 2. The van der Waals surface area contributed by atoms with Crippen LogP contribution in [0.5, 0.6) is 5.75 Å². The van der Waals surface area contributed by atoms with E-state index in [0.29, 0.717) is 10.0 Å². The van der Waals surface area contributed by atoms with E-state index in [9.17, 15) is 4.79 Å². The summed E-state index contributed by atoms with van der Waals surface area (Å²) in [5, 5.41) is 0.870. The van der Waals surface area contributed by atoms with Crippen LogP contribution in [0.25, 0.3) is 0 Å². The van der Waals surface area contributed by atoms with Gasteiger partial charge >= 0.3 is 43.7 Å². The van der Waals surface area contributed by atoms with Gasteiger partial charge in [-0.2, -0.15) is 0 Å². The Hall–Kier alpha value is 0.820. The molecule has 0 unspecified atom stereocenters. The number of halogens is 3. The number of carbonyl (C=O) groups is 1. The van der Waals surface area contributed by atoms with E-state index >= 15 is 0 Å². The third-order valence-corrected chi connectivity index (χ3v) is 2.25. The van der Waals surface area contributed by atoms with Gasteiger partial charge in [0, 0.05) is 13.0 Å². The molecule has 74 valence electrons. The fourth-order valence-electron chi connectivity index (χ4n) is 0.737. The number of hydrogen-bond donors (Lipinski definition) is 0. The molecule has 0 aliphatic heterocycles. The first-order chi connectivity index (χ1) is 6.00. The molecular formula is C8H7CaCl3O2. The third kappa shape index (κ3) is 4.13. The molecule has 0 N–H and O–H groups in total. The molecule has 1 aromatic carbocycles. The van der Waals surface area contributed by atoms with Crippen molar-refractivity contribution >= 4 is 78.5 Å². The SMILES string of the molecule is CC(=O)Oc1cc(Cl)c(Cl)cc1Cl.[CaH2]. The van der Waals surface area contributed by atoms with Crippen LogP contribution in [-0.2, 0) is 4.79 Å². The summed E-state index contributed by atoms with van der Waals surface area (Å²) in [5.41, 5.74) is 0. The van der Waals surface area contributed by atoms with Crippen LogP contribution in [0, 0.1) is 0 Å². The monoisotopic (exact) mass is 280 g/mol. The van der Waals surface area contributed by atoms with Gasteiger partial charge in [0.05, 0.1) is 15.1 Å². The molecule has 1 aromatic rings. The molecule has 0 aliphatic rings. The van der Waals surface area contributed by atoms with E-state index in [4.69, 9.17) is 39.5 Å². The average Bonchev–Trinajstić information content (AvgIpc) is 1.99. The number of carbonyl (C=O) groups excluding carboxylic acids is 1. The van der Waals surface area contributed by atoms with Gasteiger partial charge in [-0.1, -0.05) is 34.8 Å². The molecule has 0 amide bonds. The predicted molar refractivity (Wildman–Crippen MR) is 61.3 cm³/mol. The molecule has 0 saturated carbocycles. The first kappa shape index (κ1) is 14.8. The van der Waals surface area contributed by atoms with Gasteiger partial charge in [0.15, 0.2) is 5.75 Å². The number of benzene rings is 1. The quantitative estimate of drug-likeness (QED) is 0.342. The maximum atomic E-state index is 10.6. The summed E-state index contributed by atoms with van der Waals surface area (Å²) >= 11 is 17.1. The molecule has 14 heavy (non-hydrogen) atoms. The van der Waals surface area contributed by atoms with E-state index in [1.165, 1.54) is 19.1 Å². The molecule has 6 heteroatoms. The normalized spacial score (nSPS) is 9.14. The third-order valence-electron chi connectivity index (χ3n) is 1.23. The summed E-state index contributed by atoms with van der Waals surface area (Å²) in [4.78, 5) is 10.6. The van der Waals surface area contributed by atoms with Crippen molar-refractivity contribution in [2.75, 3.05) is 0 Å². The number of ether oxygens (including phenoxy) is 1. The second-order valence-electron chi connectivity index (χ2n) is 2.29. The Balaban J connectivity index is 0.00000169. The van der Waals surface area contributed by atoms with E-state index in [2.05, 4.69) is 0 Å². The molecule has 0 aromatic heterocycles. The van der Waals surface area contributed by atoms with Crippen molar-refractivity contribution < 1.29 is 9.53 Å². The van der Waals surface area contributed by atoms with Crippen LogP contribution in [0.2, 0.25) is 15.1 Å². The van der Waals surface area contributed by atoms with Gasteiger partial charge in [0.1, 0.15) is 0 Å². The fraction of sp³-hybridized carbons (Fsp3) is 0.125. The second kappa shape index (κ2) is 6.41. The molecule has 0 spiro atoms. The van der Waals surface area contributed by atoms with Crippen LogP contribution < -0.4 is 4.74 Å². The van der Waals surface area contributed by atoms with Crippen molar-refractivity contribution in [3.8, 4) is 5.75 Å². The van der Waals surface area contributed by atoms with E-state index < -0.39 is 5.97 Å². The molecular weight excluding hydrogens is 275 g/mol.